The second-order valence-electron chi connectivity index (χ2n) is 8.07. The lowest BCUT2D eigenvalue weighted by Crippen LogP contribution is -2.53. The van der Waals surface area contributed by atoms with Gasteiger partial charge in [0.25, 0.3) is 0 Å². The summed E-state index contributed by atoms with van der Waals surface area (Å²) in [5, 5.41) is 44.1. The van der Waals surface area contributed by atoms with Gasteiger partial charge < -0.3 is 20.1 Å². The first-order valence-corrected chi connectivity index (χ1v) is 11.0. The van der Waals surface area contributed by atoms with E-state index in [-0.39, 0.29) is 17.1 Å². The van der Waals surface area contributed by atoms with Crippen molar-refractivity contribution in [1.82, 2.24) is 29.8 Å². The number of rotatable bonds is 5. The highest BCUT2D eigenvalue weighted by molar-refractivity contribution is 6.32. The minimum Gasteiger partial charge on any atom is -0.394 e. The first kappa shape index (κ1) is 24.3. The van der Waals surface area contributed by atoms with E-state index < -0.39 is 54.5 Å². The maximum absolute atomic E-state index is 13.7. The van der Waals surface area contributed by atoms with Crippen LogP contribution in [0.1, 0.15) is 18.0 Å². The van der Waals surface area contributed by atoms with E-state index in [1.54, 1.807) is 24.3 Å². The van der Waals surface area contributed by atoms with Gasteiger partial charge >= 0.3 is 0 Å². The SMILES string of the molecule is OC[C@H]1O[C@@H](c2ncnn2-c2ccccc2Cl)[C@H](O)[C@@H](n2cc(-c3cc(F)c(F)c(F)c3)nn2)[C@H]1O. The lowest BCUT2D eigenvalue weighted by molar-refractivity contribution is -0.210. The van der Waals surface area contributed by atoms with Crippen molar-refractivity contribution in [3.8, 4) is 16.9 Å². The molecule has 10 nitrogen and oxygen atoms in total. The molecule has 5 rings (SSSR count). The minimum atomic E-state index is -1.63. The van der Waals surface area contributed by atoms with E-state index in [1.807, 2.05) is 0 Å². The number of aliphatic hydroxyl groups excluding tert-OH is 3. The number of para-hydroxylation sites is 1. The lowest BCUT2D eigenvalue weighted by Gasteiger charge is -2.41. The number of ether oxygens (including phenoxy) is 1. The molecule has 0 unspecified atom stereocenters. The van der Waals surface area contributed by atoms with Crippen LogP contribution in [0.5, 0.6) is 0 Å². The highest BCUT2D eigenvalue weighted by Gasteiger charge is 2.48. The molecule has 0 amide bonds. The van der Waals surface area contributed by atoms with Crippen LogP contribution in [0.2, 0.25) is 5.02 Å². The molecule has 3 heterocycles. The first-order valence-electron chi connectivity index (χ1n) is 10.6. The summed E-state index contributed by atoms with van der Waals surface area (Å²) in [6.07, 6.45) is -2.89. The van der Waals surface area contributed by atoms with Crippen LogP contribution < -0.4 is 0 Å². The zero-order valence-corrected chi connectivity index (χ0v) is 18.9. The molecule has 0 spiro atoms. The Morgan fingerprint density at radius 2 is 1.78 bits per heavy atom. The summed E-state index contributed by atoms with van der Waals surface area (Å²) in [4.78, 5) is 4.19. The molecule has 1 fully saturated rings. The fraction of sp³-hybridized carbons (Fsp3) is 0.273. The summed E-state index contributed by atoms with van der Waals surface area (Å²) in [6, 6.07) is 7.03. The molecule has 0 aliphatic carbocycles. The highest BCUT2D eigenvalue weighted by atomic mass is 35.5. The van der Waals surface area contributed by atoms with E-state index in [4.69, 9.17) is 16.3 Å². The van der Waals surface area contributed by atoms with Crippen LogP contribution in [0.4, 0.5) is 13.2 Å². The lowest BCUT2D eigenvalue weighted by atomic mass is 9.92. The van der Waals surface area contributed by atoms with E-state index in [0.717, 1.165) is 16.8 Å². The molecule has 36 heavy (non-hydrogen) atoms. The maximum atomic E-state index is 13.7. The van der Waals surface area contributed by atoms with Gasteiger partial charge in [-0.25, -0.2) is 27.5 Å². The van der Waals surface area contributed by atoms with Crippen molar-refractivity contribution >= 4 is 11.6 Å². The average molecular weight is 523 g/mol. The Labute approximate surface area is 206 Å². The monoisotopic (exact) mass is 522 g/mol. The first-order chi connectivity index (χ1) is 17.3. The molecule has 0 saturated carbocycles. The van der Waals surface area contributed by atoms with Crippen molar-refractivity contribution < 1.29 is 33.2 Å². The normalized spacial score (nSPS) is 24.2. The molecule has 0 bridgehead atoms. The van der Waals surface area contributed by atoms with Crippen molar-refractivity contribution in [2.24, 2.45) is 0 Å². The summed E-state index contributed by atoms with van der Waals surface area (Å²) in [6.45, 7) is -0.614. The number of aromatic nitrogens is 6. The van der Waals surface area contributed by atoms with Gasteiger partial charge in [-0.05, 0) is 24.3 Å². The Bertz CT molecular complexity index is 1380. The summed E-state index contributed by atoms with van der Waals surface area (Å²) in [5.41, 5.74) is 0.298. The summed E-state index contributed by atoms with van der Waals surface area (Å²) in [5.74, 6) is -4.32. The van der Waals surface area contributed by atoms with Crippen LogP contribution in [0.15, 0.2) is 48.9 Å². The molecule has 14 heteroatoms. The van der Waals surface area contributed by atoms with Gasteiger partial charge in [-0.3, -0.25) is 0 Å². The van der Waals surface area contributed by atoms with Crippen molar-refractivity contribution in [2.45, 2.75) is 30.5 Å². The molecule has 1 saturated heterocycles. The number of nitrogens with zero attached hydrogens (tertiary/aromatic N) is 6. The Morgan fingerprint density at radius 3 is 2.47 bits per heavy atom. The van der Waals surface area contributed by atoms with Gasteiger partial charge in [0.1, 0.15) is 42.5 Å². The Hall–Kier alpha value is -3.36. The van der Waals surface area contributed by atoms with Crippen molar-refractivity contribution in [3.63, 3.8) is 0 Å². The van der Waals surface area contributed by atoms with Gasteiger partial charge in [0.15, 0.2) is 23.3 Å². The zero-order valence-electron chi connectivity index (χ0n) is 18.2. The van der Waals surface area contributed by atoms with E-state index in [2.05, 4.69) is 20.4 Å². The number of hydrogen-bond donors (Lipinski definition) is 3. The van der Waals surface area contributed by atoms with Crippen LogP contribution in [-0.2, 0) is 4.74 Å². The smallest absolute Gasteiger partial charge is 0.194 e. The van der Waals surface area contributed by atoms with Crippen LogP contribution >= 0.6 is 11.6 Å². The van der Waals surface area contributed by atoms with Gasteiger partial charge in [-0.15, -0.1) is 5.10 Å². The summed E-state index contributed by atoms with van der Waals surface area (Å²) < 4.78 is 49.0. The van der Waals surface area contributed by atoms with Crippen LogP contribution in [0.3, 0.4) is 0 Å². The molecule has 2 aromatic carbocycles. The Kier molecular flexibility index (Phi) is 6.49. The number of hydrogen-bond acceptors (Lipinski definition) is 8. The Balaban J connectivity index is 1.52. The van der Waals surface area contributed by atoms with E-state index >= 15 is 0 Å². The van der Waals surface area contributed by atoms with E-state index in [0.29, 0.717) is 10.7 Å². The summed E-state index contributed by atoms with van der Waals surface area (Å²) in [7, 11) is 0. The molecule has 188 valence electrons. The van der Waals surface area contributed by atoms with E-state index in [9.17, 15) is 28.5 Å². The molecule has 1 aliphatic heterocycles. The highest BCUT2D eigenvalue weighted by Crippen LogP contribution is 2.38. The largest absolute Gasteiger partial charge is 0.394 e. The molecule has 4 aromatic rings. The van der Waals surface area contributed by atoms with E-state index in [1.165, 1.54) is 17.2 Å². The van der Waals surface area contributed by atoms with Gasteiger partial charge in [0.2, 0.25) is 0 Å². The van der Waals surface area contributed by atoms with Crippen LogP contribution in [0.25, 0.3) is 16.9 Å². The fourth-order valence-electron chi connectivity index (χ4n) is 4.14. The third-order valence-electron chi connectivity index (χ3n) is 5.90. The third kappa shape index (κ3) is 4.14. The minimum absolute atomic E-state index is 0.0463. The molecule has 5 atom stereocenters. The molecule has 2 aromatic heterocycles. The molecule has 0 radical (unpaired) electrons. The fourth-order valence-corrected chi connectivity index (χ4v) is 4.36. The predicted molar refractivity (Wildman–Crippen MR) is 117 cm³/mol. The zero-order chi connectivity index (χ0) is 25.6. The van der Waals surface area contributed by atoms with Crippen molar-refractivity contribution in [1.29, 1.82) is 0 Å². The van der Waals surface area contributed by atoms with Crippen LogP contribution in [-0.4, -0.2) is 70.0 Å². The standard InChI is InChI=1S/C22H18ClF3N6O4/c23-11-3-1-2-4-15(11)32-22(27-9-28-32)21-20(35)18(19(34)16(8-33)36-21)31-7-14(29-30-31)10-5-12(24)17(26)13(25)6-10/h1-7,9,16,18-21,33-35H,8H2/t16-,18+,19+,20-,21-/m1/s1. The average Bonchev–Trinajstić information content (AvgIpc) is 3.53. The number of aliphatic hydroxyl groups is 3. The molecule has 3 N–H and O–H groups in total. The number of halogens is 4. The Morgan fingerprint density at radius 1 is 1.06 bits per heavy atom. The van der Waals surface area contributed by atoms with Gasteiger partial charge in [-0.1, -0.05) is 28.9 Å². The predicted octanol–water partition coefficient (Wildman–Crippen LogP) is 1.99. The third-order valence-corrected chi connectivity index (χ3v) is 6.22. The topological polar surface area (TPSA) is 131 Å². The second-order valence-corrected chi connectivity index (χ2v) is 8.48. The molecular weight excluding hydrogens is 505 g/mol. The van der Waals surface area contributed by atoms with Crippen LogP contribution in [0, 0.1) is 17.5 Å². The quantitative estimate of drug-likeness (QED) is 0.339. The van der Waals surface area contributed by atoms with Gasteiger partial charge in [-0.2, -0.15) is 5.10 Å². The number of benzene rings is 2. The second kappa shape index (κ2) is 9.59. The van der Waals surface area contributed by atoms with Crippen molar-refractivity contribution in [2.75, 3.05) is 6.61 Å². The molecular formula is C22H18ClF3N6O4. The van der Waals surface area contributed by atoms with Crippen molar-refractivity contribution in [3.05, 3.63) is 77.2 Å². The summed E-state index contributed by atoms with van der Waals surface area (Å²) >= 11 is 6.29. The molecule has 1 aliphatic rings. The van der Waals surface area contributed by atoms with Gasteiger partial charge in [0, 0.05) is 5.56 Å². The maximum Gasteiger partial charge on any atom is 0.194 e. The van der Waals surface area contributed by atoms with Gasteiger partial charge in [0.05, 0.1) is 23.5 Å².